The van der Waals surface area contributed by atoms with Crippen LogP contribution in [-0.2, 0) is 4.79 Å². The fourth-order valence-electron chi connectivity index (χ4n) is 1.18. The van der Waals surface area contributed by atoms with Crippen LogP contribution in [0.1, 0.15) is 11.6 Å². The topological polar surface area (TPSA) is 72.5 Å². The second-order valence-electron chi connectivity index (χ2n) is 3.18. The van der Waals surface area contributed by atoms with Crippen molar-refractivity contribution in [1.82, 2.24) is 0 Å². The van der Waals surface area contributed by atoms with Crippen LogP contribution < -0.4 is 10.5 Å². The highest BCUT2D eigenvalue weighted by molar-refractivity contribution is 5.85. The molecule has 0 radical (unpaired) electrons. The molecular formula is C10H12ClF2NO3. The SMILES string of the molecule is COc1cccc([C@@H](N)C(F)(F)C(=O)O)c1.Cl. The highest BCUT2D eigenvalue weighted by Gasteiger charge is 2.46. The Labute approximate surface area is 103 Å². The second-order valence-corrected chi connectivity index (χ2v) is 3.18. The van der Waals surface area contributed by atoms with E-state index in [1.165, 1.54) is 25.3 Å². The largest absolute Gasteiger partial charge is 0.497 e. The van der Waals surface area contributed by atoms with Gasteiger partial charge < -0.3 is 15.6 Å². The van der Waals surface area contributed by atoms with Gasteiger partial charge in [-0.3, -0.25) is 0 Å². The molecule has 0 aliphatic rings. The Balaban J connectivity index is 0.00000256. The number of ether oxygens (including phenoxy) is 1. The molecule has 7 heteroatoms. The Hall–Kier alpha value is -1.40. The monoisotopic (exact) mass is 267 g/mol. The van der Waals surface area contributed by atoms with E-state index < -0.39 is 17.9 Å². The van der Waals surface area contributed by atoms with Gasteiger partial charge in [-0.2, -0.15) is 8.78 Å². The third-order valence-electron chi connectivity index (χ3n) is 2.13. The fraction of sp³-hybridized carbons (Fsp3) is 0.300. The normalized spacial score (nSPS) is 12.5. The van der Waals surface area contributed by atoms with Crippen LogP contribution in [0.3, 0.4) is 0 Å². The molecule has 0 heterocycles. The molecule has 1 rings (SSSR count). The number of aliphatic carboxylic acids is 1. The summed E-state index contributed by atoms with van der Waals surface area (Å²) in [4.78, 5) is 10.3. The van der Waals surface area contributed by atoms with Crippen molar-refractivity contribution >= 4 is 18.4 Å². The van der Waals surface area contributed by atoms with Crippen molar-refractivity contribution < 1.29 is 23.4 Å². The smallest absolute Gasteiger partial charge is 0.376 e. The molecule has 0 bridgehead atoms. The van der Waals surface area contributed by atoms with E-state index in [-0.39, 0.29) is 18.0 Å². The molecule has 17 heavy (non-hydrogen) atoms. The number of alkyl halides is 2. The summed E-state index contributed by atoms with van der Waals surface area (Å²) in [6, 6.07) is 3.72. The van der Waals surface area contributed by atoms with Gasteiger partial charge in [0.25, 0.3) is 0 Å². The molecule has 0 aromatic heterocycles. The van der Waals surface area contributed by atoms with Gasteiger partial charge in [0.05, 0.1) is 7.11 Å². The van der Waals surface area contributed by atoms with Crippen LogP contribution in [0.25, 0.3) is 0 Å². The Kier molecular flexibility index (Phi) is 5.31. The minimum Gasteiger partial charge on any atom is -0.497 e. The summed E-state index contributed by atoms with van der Waals surface area (Å²) < 4.78 is 31.0. The average Bonchev–Trinajstić information content (AvgIpc) is 2.27. The van der Waals surface area contributed by atoms with E-state index in [2.05, 4.69) is 0 Å². The summed E-state index contributed by atoms with van der Waals surface area (Å²) in [5.41, 5.74) is 5.22. The Morgan fingerprint density at radius 2 is 2.12 bits per heavy atom. The van der Waals surface area contributed by atoms with Gasteiger partial charge in [-0.1, -0.05) is 12.1 Å². The first-order valence-electron chi connectivity index (χ1n) is 4.40. The lowest BCUT2D eigenvalue weighted by molar-refractivity contribution is -0.168. The van der Waals surface area contributed by atoms with Crippen molar-refractivity contribution in [3.8, 4) is 5.75 Å². The summed E-state index contributed by atoms with van der Waals surface area (Å²) >= 11 is 0. The van der Waals surface area contributed by atoms with E-state index in [0.29, 0.717) is 5.75 Å². The molecule has 0 saturated heterocycles. The third kappa shape index (κ3) is 3.28. The van der Waals surface area contributed by atoms with Crippen LogP contribution in [-0.4, -0.2) is 24.1 Å². The number of methoxy groups -OCH3 is 1. The molecule has 96 valence electrons. The molecule has 0 amide bonds. The van der Waals surface area contributed by atoms with Gasteiger partial charge in [0.1, 0.15) is 11.8 Å². The van der Waals surface area contributed by atoms with Gasteiger partial charge in [0, 0.05) is 0 Å². The molecule has 0 unspecified atom stereocenters. The highest BCUT2D eigenvalue weighted by atomic mass is 35.5. The van der Waals surface area contributed by atoms with Gasteiger partial charge >= 0.3 is 11.9 Å². The number of hydrogen-bond donors (Lipinski definition) is 2. The third-order valence-corrected chi connectivity index (χ3v) is 2.13. The lowest BCUT2D eigenvalue weighted by atomic mass is 10.0. The Morgan fingerprint density at radius 1 is 1.53 bits per heavy atom. The summed E-state index contributed by atoms with van der Waals surface area (Å²) in [7, 11) is 1.37. The van der Waals surface area contributed by atoms with Crippen LogP contribution in [0.4, 0.5) is 8.78 Å². The van der Waals surface area contributed by atoms with E-state index in [9.17, 15) is 13.6 Å². The minimum absolute atomic E-state index is 0. The molecule has 1 aromatic carbocycles. The quantitative estimate of drug-likeness (QED) is 0.873. The van der Waals surface area contributed by atoms with E-state index >= 15 is 0 Å². The lowest BCUT2D eigenvalue weighted by Crippen LogP contribution is -2.40. The number of rotatable bonds is 4. The summed E-state index contributed by atoms with van der Waals surface area (Å²) in [5.74, 6) is -5.91. The Bertz CT molecular complexity index is 401. The zero-order chi connectivity index (χ0) is 12.3. The molecule has 3 N–H and O–H groups in total. The number of nitrogens with two attached hydrogens (primary N) is 1. The second kappa shape index (κ2) is 5.79. The predicted molar refractivity (Wildman–Crippen MR) is 59.8 cm³/mol. The number of carboxylic acids is 1. The van der Waals surface area contributed by atoms with Crippen LogP contribution in [0.5, 0.6) is 5.75 Å². The van der Waals surface area contributed by atoms with E-state index in [1.54, 1.807) is 6.07 Å². The zero-order valence-electron chi connectivity index (χ0n) is 8.89. The molecule has 1 aromatic rings. The van der Waals surface area contributed by atoms with Crippen molar-refractivity contribution in [2.45, 2.75) is 12.0 Å². The minimum atomic E-state index is -4.01. The first kappa shape index (κ1) is 15.6. The molecule has 0 fully saturated rings. The van der Waals surface area contributed by atoms with E-state index in [1.807, 2.05) is 0 Å². The predicted octanol–water partition coefficient (Wildman–Crippen LogP) is 1.84. The van der Waals surface area contributed by atoms with Crippen LogP contribution in [0, 0.1) is 0 Å². The van der Waals surface area contributed by atoms with Crippen LogP contribution >= 0.6 is 12.4 Å². The first-order chi connectivity index (χ1) is 7.39. The van der Waals surface area contributed by atoms with Gasteiger partial charge in [-0.25, -0.2) is 4.79 Å². The zero-order valence-corrected chi connectivity index (χ0v) is 9.71. The van der Waals surface area contributed by atoms with Gasteiger partial charge in [-0.15, -0.1) is 12.4 Å². The molecule has 4 nitrogen and oxygen atoms in total. The fourth-order valence-corrected chi connectivity index (χ4v) is 1.18. The molecule has 1 atom stereocenters. The van der Waals surface area contributed by atoms with Gasteiger partial charge in [-0.05, 0) is 17.7 Å². The van der Waals surface area contributed by atoms with Crippen LogP contribution in [0.2, 0.25) is 0 Å². The van der Waals surface area contributed by atoms with Crippen molar-refractivity contribution in [3.63, 3.8) is 0 Å². The summed E-state index contributed by atoms with van der Waals surface area (Å²) in [5, 5.41) is 8.34. The molecule has 0 aliphatic heterocycles. The molecule has 0 aliphatic carbocycles. The standard InChI is InChI=1S/C10H11F2NO3.ClH/c1-16-7-4-2-3-6(5-7)8(13)10(11,12)9(14)15;/h2-5,8H,13H2,1H3,(H,14,15);1H/t8-;/m1./s1. The maximum Gasteiger partial charge on any atom is 0.376 e. The molecule has 0 saturated carbocycles. The average molecular weight is 268 g/mol. The highest BCUT2D eigenvalue weighted by Crippen LogP contribution is 2.30. The number of hydrogen-bond acceptors (Lipinski definition) is 3. The molecule has 0 spiro atoms. The van der Waals surface area contributed by atoms with Crippen molar-refractivity contribution in [1.29, 1.82) is 0 Å². The van der Waals surface area contributed by atoms with Crippen molar-refractivity contribution in [2.75, 3.05) is 7.11 Å². The maximum atomic E-state index is 13.1. The van der Waals surface area contributed by atoms with Crippen molar-refractivity contribution in [2.24, 2.45) is 5.73 Å². The maximum absolute atomic E-state index is 13.1. The van der Waals surface area contributed by atoms with Gasteiger partial charge in [0.15, 0.2) is 0 Å². The van der Waals surface area contributed by atoms with Gasteiger partial charge in [0.2, 0.25) is 0 Å². The molecular weight excluding hydrogens is 256 g/mol. The summed E-state index contributed by atoms with van der Waals surface area (Å²) in [6.07, 6.45) is 0. The number of carboxylic acid groups (broad SMARTS) is 1. The Morgan fingerprint density at radius 3 is 2.59 bits per heavy atom. The number of benzene rings is 1. The van der Waals surface area contributed by atoms with E-state index in [0.717, 1.165) is 0 Å². The number of halogens is 3. The van der Waals surface area contributed by atoms with Crippen molar-refractivity contribution in [3.05, 3.63) is 29.8 Å². The van der Waals surface area contributed by atoms with E-state index in [4.69, 9.17) is 15.6 Å². The lowest BCUT2D eigenvalue weighted by Gasteiger charge is -2.19. The first-order valence-corrected chi connectivity index (χ1v) is 4.40. The number of carbonyl (C=O) groups is 1. The van der Waals surface area contributed by atoms with Crippen LogP contribution in [0.15, 0.2) is 24.3 Å². The summed E-state index contributed by atoms with van der Waals surface area (Å²) in [6.45, 7) is 0.